The third-order valence-electron chi connectivity index (χ3n) is 5.51. The van der Waals surface area contributed by atoms with Crippen molar-refractivity contribution >= 4 is 27.3 Å². The van der Waals surface area contributed by atoms with E-state index in [4.69, 9.17) is 4.74 Å². The van der Waals surface area contributed by atoms with Gasteiger partial charge in [0.1, 0.15) is 17.0 Å². The maximum absolute atomic E-state index is 13.5. The number of amides is 1. The summed E-state index contributed by atoms with van der Waals surface area (Å²) in [7, 11) is 0. The van der Waals surface area contributed by atoms with Crippen LogP contribution in [0.3, 0.4) is 0 Å². The van der Waals surface area contributed by atoms with Crippen LogP contribution in [-0.2, 0) is 5.54 Å². The summed E-state index contributed by atoms with van der Waals surface area (Å²) in [6.07, 6.45) is 2.37. The summed E-state index contributed by atoms with van der Waals surface area (Å²) >= 11 is 1.59. The Bertz CT molecular complexity index is 1200. The maximum atomic E-state index is 13.5. The summed E-state index contributed by atoms with van der Waals surface area (Å²) in [6, 6.07) is 20.1. The van der Waals surface area contributed by atoms with Crippen molar-refractivity contribution in [3.63, 3.8) is 0 Å². The predicted octanol–water partition coefficient (Wildman–Crippen LogP) is 5.06. The van der Waals surface area contributed by atoms with Crippen LogP contribution in [0.25, 0.3) is 10.1 Å². The molecule has 0 spiro atoms. The number of ether oxygens (including phenoxy) is 1. The average Bonchev–Trinajstić information content (AvgIpc) is 3.19. The van der Waals surface area contributed by atoms with Gasteiger partial charge < -0.3 is 10.1 Å². The minimum atomic E-state index is -0.733. The molecule has 5 heteroatoms. The molecular formula is C24H20N2O2S. The number of aryl methyl sites for hydroxylation is 1. The fourth-order valence-corrected chi connectivity index (χ4v) is 4.93. The van der Waals surface area contributed by atoms with E-state index in [0.29, 0.717) is 18.6 Å². The molecule has 2 aromatic heterocycles. The minimum Gasteiger partial charge on any atom is -0.491 e. The highest BCUT2D eigenvalue weighted by Gasteiger charge is 2.42. The molecule has 0 fully saturated rings. The smallest absolute Gasteiger partial charge is 0.253 e. The molecule has 2 aromatic carbocycles. The molecule has 0 bridgehead atoms. The van der Waals surface area contributed by atoms with Crippen molar-refractivity contribution in [2.75, 3.05) is 6.61 Å². The molecular weight excluding hydrogens is 380 g/mol. The Balaban J connectivity index is 1.64. The molecule has 1 aliphatic rings. The van der Waals surface area contributed by atoms with Crippen LogP contribution in [0.4, 0.5) is 0 Å². The monoisotopic (exact) mass is 400 g/mol. The van der Waals surface area contributed by atoms with Gasteiger partial charge in [0.15, 0.2) is 0 Å². The van der Waals surface area contributed by atoms with E-state index < -0.39 is 5.54 Å². The molecule has 0 aliphatic carbocycles. The molecule has 4 aromatic rings. The summed E-state index contributed by atoms with van der Waals surface area (Å²) in [5.41, 5.74) is 2.90. The third-order valence-corrected chi connectivity index (χ3v) is 6.47. The van der Waals surface area contributed by atoms with Gasteiger partial charge >= 0.3 is 0 Å². The van der Waals surface area contributed by atoms with Gasteiger partial charge in [0.2, 0.25) is 0 Å². The second-order valence-corrected chi connectivity index (χ2v) is 8.23. The van der Waals surface area contributed by atoms with Gasteiger partial charge in [-0.3, -0.25) is 9.78 Å². The van der Waals surface area contributed by atoms with Gasteiger partial charge in [-0.05, 0) is 30.7 Å². The fraction of sp³-hybridized carbons (Fsp3) is 0.167. The zero-order valence-electron chi connectivity index (χ0n) is 16.0. The molecule has 0 unspecified atom stereocenters. The Morgan fingerprint density at radius 1 is 1.10 bits per heavy atom. The number of fused-ring (bicyclic) bond motifs is 2. The Hall–Kier alpha value is -3.18. The van der Waals surface area contributed by atoms with E-state index in [1.54, 1.807) is 17.5 Å². The first-order valence-electron chi connectivity index (χ1n) is 9.61. The first-order valence-corrected chi connectivity index (χ1v) is 10.5. The molecule has 0 saturated carbocycles. The topological polar surface area (TPSA) is 51.2 Å². The number of aromatic nitrogens is 1. The minimum absolute atomic E-state index is 0.0958. The lowest BCUT2D eigenvalue weighted by atomic mass is 9.81. The molecule has 144 valence electrons. The Kier molecular flexibility index (Phi) is 4.32. The van der Waals surface area contributed by atoms with Crippen molar-refractivity contribution < 1.29 is 9.53 Å². The lowest BCUT2D eigenvalue weighted by Gasteiger charge is -2.39. The van der Waals surface area contributed by atoms with Crippen molar-refractivity contribution in [2.45, 2.75) is 18.9 Å². The third kappa shape index (κ3) is 2.98. The van der Waals surface area contributed by atoms with E-state index in [1.165, 1.54) is 5.56 Å². The van der Waals surface area contributed by atoms with Crippen LogP contribution in [0.15, 0.2) is 72.2 Å². The highest BCUT2D eigenvalue weighted by Crippen LogP contribution is 2.41. The lowest BCUT2D eigenvalue weighted by molar-refractivity contribution is 0.0886. The van der Waals surface area contributed by atoms with E-state index >= 15 is 0 Å². The second-order valence-electron chi connectivity index (χ2n) is 7.32. The number of nitrogens with one attached hydrogen (secondary N) is 1. The zero-order valence-corrected chi connectivity index (χ0v) is 16.8. The summed E-state index contributed by atoms with van der Waals surface area (Å²) in [6.45, 7) is 2.57. The van der Waals surface area contributed by atoms with Crippen LogP contribution < -0.4 is 10.1 Å². The largest absolute Gasteiger partial charge is 0.491 e. The van der Waals surface area contributed by atoms with Crippen LogP contribution in [-0.4, -0.2) is 17.5 Å². The van der Waals surface area contributed by atoms with E-state index in [2.05, 4.69) is 41.5 Å². The highest BCUT2D eigenvalue weighted by molar-refractivity contribution is 7.17. The molecule has 0 radical (unpaired) electrons. The van der Waals surface area contributed by atoms with Crippen molar-refractivity contribution in [1.82, 2.24) is 10.3 Å². The number of benzene rings is 2. The van der Waals surface area contributed by atoms with Crippen molar-refractivity contribution in [3.8, 4) is 5.75 Å². The van der Waals surface area contributed by atoms with E-state index in [0.717, 1.165) is 27.1 Å². The zero-order chi connectivity index (χ0) is 19.8. The summed E-state index contributed by atoms with van der Waals surface area (Å²) in [4.78, 5) is 18.1. The number of thiophene rings is 1. The van der Waals surface area contributed by atoms with Crippen molar-refractivity contribution in [2.24, 2.45) is 0 Å². The SMILES string of the molecule is Cc1ccc([C@@]2(NC(=O)c3csc4ccccc34)CCOc3cccnc32)cc1. The fourth-order valence-electron chi connectivity index (χ4n) is 3.99. The Labute approximate surface area is 173 Å². The first-order chi connectivity index (χ1) is 14.2. The number of nitrogens with zero attached hydrogens (tertiary/aromatic N) is 1. The normalized spacial score (nSPS) is 18.1. The van der Waals surface area contributed by atoms with Gasteiger partial charge in [-0.1, -0.05) is 48.0 Å². The molecule has 29 heavy (non-hydrogen) atoms. The predicted molar refractivity (Wildman–Crippen MR) is 116 cm³/mol. The quantitative estimate of drug-likeness (QED) is 0.523. The number of carbonyl (C=O) groups is 1. The van der Waals surface area contributed by atoms with Crippen LogP contribution >= 0.6 is 11.3 Å². The number of hydrogen-bond acceptors (Lipinski definition) is 4. The second kappa shape index (κ2) is 7.01. The molecule has 1 aliphatic heterocycles. The standard InChI is InChI=1S/C24H20N2O2S/c1-16-8-10-17(11-9-16)24(12-14-28-20-6-4-13-25-22(20)24)26-23(27)19-15-29-21-7-3-2-5-18(19)21/h2-11,13,15H,12,14H2,1H3,(H,26,27)/t24-/m0/s1. The van der Waals surface area contributed by atoms with Crippen molar-refractivity contribution in [3.05, 3.63) is 94.6 Å². The number of pyridine rings is 1. The van der Waals surface area contributed by atoms with E-state index in [-0.39, 0.29) is 5.91 Å². The van der Waals surface area contributed by atoms with Gasteiger partial charge in [0, 0.05) is 28.1 Å². The highest BCUT2D eigenvalue weighted by atomic mass is 32.1. The molecule has 1 N–H and O–H groups in total. The number of carbonyl (C=O) groups excluding carboxylic acids is 1. The molecule has 1 atom stereocenters. The summed E-state index contributed by atoms with van der Waals surface area (Å²) < 4.78 is 6.96. The summed E-state index contributed by atoms with van der Waals surface area (Å²) in [5, 5.41) is 6.25. The van der Waals surface area contributed by atoms with Crippen LogP contribution in [0.2, 0.25) is 0 Å². The molecule has 0 saturated heterocycles. The lowest BCUT2D eigenvalue weighted by Crippen LogP contribution is -2.50. The van der Waals surface area contributed by atoms with Gasteiger partial charge in [-0.15, -0.1) is 11.3 Å². The number of hydrogen-bond donors (Lipinski definition) is 1. The van der Waals surface area contributed by atoms with Crippen molar-refractivity contribution in [1.29, 1.82) is 0 Å². The molecule has 1 amide bonds. The molecule has 5 rings (SSSR count). The molecule has 4 nitrogen and oxygen atoms in total. The van der Waals surface area contributed by atoms with Gasteiger partial charge in [-0.25, -0.2) is 0 Å². The Morgan fingerprint density at radius 2 is 1.93 bits per heavy atom. The van der Waals surface area contributed by atoms with Crippen LogP contribution in [0.5, 0.6) is 5.75 Å². The van der Waals surface area contributed by atoms with Gasteiger partial charge in [0.05, 0.1) is 12.2 Å². The first kappa shape index (κ1) is 17.9. The van der Waals surface area contributed by atoms with Gasteiger partial charge in [0.25, 0.3) is 5.91 Å². The van der Waals surface area contributed by atoms with Crippen LogP contribution in [0, 0.1) is 6.92 Å². The number of rotatable bonds is 3. The summed E-state index contributed by atoms with van der Waals surface area (Å²) in [5.74, 6) is 0.622. The molecule has 3 heterocycles. The van der Waals surface area contributed by atoms with Gasteiger partial charge in [-0.2, -0.15) is 0 Å². The van der Waals surface area contributed by atoms with E-state index in [1.807, 2.05) is 41.8 Å². The average molecular weight is 401 g/mol. The van der Waals surface area contributed by atoms with Crippen LogP contribution in [0.1, 0.15) is 33.6 Å². The Morgan fingerprint density at radius 3 is 2.79 bits per heavy atom. The maximum Gasteiger partial charge on any atom is 0.253 e. The van der Waals surface area contributed by atoms with E-state index in [9.17, 15) is 4.79 Å².